The Labute approximate surface area is 141 Å². The van der Waals surface area contributed by atoms with Gasteiger partial charge in [-0.1, -0.05) is 43.9 Å². The predicted octanol–water partition coefficient (Wildman–Crippen LogP) is 6.17. The number of halogens is 3. The smallest absolute Gasteiger partial charge is 0.399 e. The van der Waals surface area contributed by atoms with Crippen LogP contribution in [0, 0.1) is 5.92 Å². The minimum Gasteiger partial charge on any atom is -0.399 e. The average Bonchev–Trinajstić information content (AvgIpc) is 2.68. The van der Waals surface area contributed by atoms with E-state index in [0.29, 0.717) is 5.56 Å². The van der Waals surface area contributed by atoms with Crippen molar-refractivity contribution >= 4 is 22.4 Å². The van der Waals surface area contributed by atoms with Crippen molar-refractivity contribution in [3.63, 3.8) is 0 Å². The van der Waals surface area contributed by atoms with Crippen LogP contribution in [0.3, 0.4) is 0 Å². The maximum Gasteiger partial charge on any atom is 0.464 e. The normalized spacial score (nSPS) is 27.6. The third-order valence-electron chi connectivity index (χ3n) is 4.68. The van der Waals surface area contributed by atoms with Gasteiger partial charge in [0.15, 0.2) is 0 Å². The molecule has 0 spiro atoms. The topological polar surface area (TPSA) is 26.3 Å². The van der Waals surface area contributed by atoms with Crippen molar-refractivity contribution in [3.8, 4) is 0 Å². The Morgan fingerprint density at radius 3 is 2.33 bits per heavy atom. The molecule has 1 aromatic carbocycles. The van der Waals surface area contributed by atoms with Crippen molar-refractivity contribution in [1.82, 2.24) is 0 Å². The van der Waals surface area contributed by atoms with Crippen LogP contribution in [0.1, 0.15) is 51.0 Å². The Hall–Kier alpha value is -1.43. The fourth-order valence-electron chi connectivity index (χ4n) is 3.72. The molecular weight excluding hydrogens is 337 g/mol. The van der Waals surface area contributed by atoms with Gasteiger partial charge in [0.2, 0.25) is 0 Å². The van der Waals surface area contributed by atoms with E-state index in [-0.39, 0.29) is 15.7 Å². The van der Waals surface area contributed by atoms with Gasteiger partial charge in [0.25, 0.3) is 0 Å². The summed E-state index contributed by atoms with van der Waals surface area (Å²) < 4.78 is 48.0. The molecule has 0 N–H and O–H groups in total. The van der Waals surface area contributed by atoms with Crippen LogP contribution in [-0.4, -0.2) is 11.5 Å². The van der Waals surface area contributed by atoms with E-state index in [0.717, 1.165) is 45.4 Å². The lowest BCUT2D eigenvalue weighted by molar-refractivity contribution is -0.132. The molecule has 0 saturated heterocycles. The molecule has 2 aliphatic rings. The summed E-state index contributed by atoms with van der Waals surface area (Å²) >= 11 is 0. The Balaban J connectivity index is 2.16. The second kappa shape index (κ2) is 6.47. The first-order chi connectivity index (χ1) is 11.4. The zero-order valence-electron chi connectivity index (χ0n) is 13.6. The second-order valence-electron chi connectivity index (χ2n) is 6.35. The molecule has 0 amide bonds. The molecule has 0 radical (unpaired) electrons. The molecule has 3 rings (SSSR count). The lowest BCUT2D eigenvalue weighted by atomic mass is 9.99. The van der Waals surface area contributed by atoms with Gasteiger partial charge in [-0.3, -0.25) is 4.79 Å². The molecule has 1 aromatic rings. The van der Waals surface area contributed by atoms with E-state index in [9.17, 15) is 18.0 Å². The molecule has 1 heterocycles. The SMILES string of the molecule is CC(=O)OS1(C(F)(F)F)C(C2CCCCCC2)=Cc2ccccc21. The van der Waals surface area contributed by atoms with Crippen molar-refractivity contribution in [2.75, 3.05) is 0 Å². The average molecular weight is 358 g/mol. The quantitative estimate of drug-likeness (QED) is 0.591. The third kappa shape index (κ3) is 2.85. The fraction of sp³-hybridized carbons (Fsp3) is 0.500. The van der Waals surface area contributed by atoms with Gasteiger partial charge in [-0.25, -0.2) is 0 Å². The largest absolute Gasteiger partial charge is 0.464 e. The first-order valence-electron chi connectivity index (χ1n) is 8.26. The highest BCUT2D eigenvalue weighted by Crippen LogP contribution is 2.78. The van der Waals surface area contributed by atoms with Gasteiger partial charge in [0, 0.05) is 16.7 Å². The standard InChI is InChI=1S/C18H21F3O2S/c1-13(22)23-24(18(19,20)21)16-11-7-6-10-15(16)12-17(24)14-8-4-2-3-5-9-14/h6-7,10-12,14H,2-5,8-9H2,1H3. The second-order valence-corrected chi connectivity index (χ2v) is 9.00. The first-order valence-corrected chi connectivity index (χ1v) is 9.82. The zero-order chi connectivity index (χ0) is 17.4. The van der Waals surface area contributed by atoms with Crippen molar-refractivity contribution in [2.24, 2.45) is 5.92 Å². The van der Waals surface area contributed by atoms with E-state index in [1.165, 1.54) is 6.07 Å². The summed E-state index contributed by atoms with van der Waals surface area (Å²) in [5, 5.41) is 0. The number of allylic oxidation sites excluding steroid dienone is 1. The molecule has 1 atom stereocenters. The van der Waals surface area contributed by atoms with Gasteiger partial charge in [0.1, 0.15) is 0 Å². The lowest BCUT2D eigenvalue weighted by Gasteiger charge is -2.41. The lowest BCUT2D eigenvalue weighted by Crippen LogP contribution is -2.27. The maximum absolute atomic E-state index is 14.3. The molecule has 132 valence electrons. The number of hydrogen-bond acceptors (Lipinski definition) is 2. The van der Waals surface area contributed by atoms with Crippen LogP contribution >= 0.6 is 10.3 Å². The van der Waals surface area contributed by atoms with Crippen LogP contribution in [0.15, 0.2) is 34.1 Å². The maximum atomic E-state index is 14.3. The van der Waals surface area contributed by atoms with Gasteiger partial charge < -0.3 is 4.18 Å². The van der Waals surface area contributed by atoms with E-state index in [1.54, 1.807) is 24.3 Å². The molecule has 1 fully saturated rings. The van der Waals surface area contributed by atoms with Crippen LogP contribution in [-0.2, 0) is 8.98 Å². The van der Waals surface area contributed by atoms with Gasteiger partial charge in [-0.15, -0.1) is 0 Å². The molecular formula is C18H21F3O2S. The number of benzene rings is 1. The molecule has 2 nitrogen and oxygen atoms in total. The Morgan fingerprint density at radius 2 is 1.75 bits per heavy atom. The molecule has 24 heavy (non-hydrogen) atoms. The van der Waals surface area contributed by atoms with Crippen molar-refractivity contribution in [3.05, 3.63) is 34.7 Å². The predicted molar refractivity (Wildman–Crippen MR) is 89.3 cm³/mol. The summed E-state index contributed by atoms with van der Waals surface area (Å²) in [6.07, 6.45) is 7.05. The van der Waals surface area contributed by atoms with Gasteiger partial charge in [-0.05, 0) is 36.5 Å². The number of fused-ring (bicyclic) bond motifs is 1. The summed E-state index contributed by atoms with van der Waals surface area (Å²) in [7, 11) is -3.78. The number of hydrogen-bond donors (Lipinski definition) is 0. The first kappa shape index (κ1) is 17.4. The van der Waals surface area contributed by atoms with E-state index in [1.807, 2.05) is 0 Å². The Morgan fingerprint density at radius 1 is 1.12 bits per heavy atom. The Kier molecular flexibility index (Phi) is 4.69. The zero-order valence-corrected chi connectivity index (χ0v) is 14.4. The molecule has 0 bridgehead atoms. The molecule has 1 aliphatic carbocycles. The Bertz CT molecular complexity index is 660. The van der Waals surface area contributed by atoms with Gasteiger partial charge in [0.05, 0.1) is 10.3 Å². The van der Waals surface area contributed by atoms with Crippen LogP contribution < -0.4 is 0 Å². The molecule has 6 heteroatoms. The molecule has 1 unspecified atom stereocenters. The van der Waals surface area contributed by atoms with Gasteiger partial charge >= 0.3 is 11.5 Å². The van der Waals surface area contributed by atoms with Crippen LogP contribution in [0.25, 0.3) is 6.08 Å². The van der Waals surface area contributed by atoms with E-state index >= 15 is 0 Å². The molecule has 1 saturated carbocycles. The monoisotopic (exact) mass is 358 g/mol. The summed E-state index contributed by atoms with van der Waals surface area (Å²) in [6, 6.07) is 6.44. The minimum atomic E-state index is -4.61. The number of carbonyl (C=O) groups excluding carboxylic acids is 1. The van der Waals surface area contributed by atoms with Gasteiger partial charge in [-0.2, -0.15) is 13.2 Å². The van der Waals surface area contributed by atoms with Crippen LogP contribution in [0.5, 0.6) is 0 Å². The van der Waals surface area contributed by atoms with E-state index in [4.69, 9.17) is 4.18 Å². The molecule has 0 aromatic heterocycles. The van der Waals surface area contributed by atoms with E-state index in [2.05, 4.69) is 0 Å². The number of alkyl halides is 3. The van der Waals surface area contributed by atoms with Crippen LogP contribution in [0.2, 0.25) is 0 Å². The highest BCUT2D eigenvalue weighted by atomic mass is 32.3. The minimum absolute atomic E-state index is 0.118. The summed E-state index contributed by atoms with van der Waals surface area (Å²) in [5.41, 5.74) is -4.08. The number of rotatable bonds is 2. The fourth-order valence-corrected chi connectivity index (χ4v) is 6.85. The highest BCUT2D eigenvalue weighted by molar-refractivity contribution is 8.34. The van der Waals surface area contributed by atoms with E-state index < -0.39 is 21.8 Å². The highest BCUT2D eigenvalue weighted by Gasteiger charge is 2.61. The molecule has 1 aliphatic heterocycles. The van der Waals surface area contributed by atoms with Crippen LogP contribution in [0.4, 0.5) is 13.2 Å². The number of carbonyl (C=O) groups is 1. The van der Waals surface area contributed by atoms with Crippen molar-refractivity contribution < 1.29 is 22.1 Å². The third-order valence-corrected chi connectivity index (χ3v) is 7.93. The summed E-state index contributed by atoms with van der Waals surface area (Å²) in [4.78, 5) is 12.0. The van der Waals surface area contributed by atoms with Crippen molar-refractivity contribution in [1.29, 1.82) is 0 Å². The van der Waals surface area contributed by atoms with Crippen molar-refractivity contribution in [2.45, 2.75) is 55.9 Å². The summed E-state index contributed by atoms with van der Waals surface area (Å²) in [5.74, 6) is -1.05. The summed E-state index contributed by atoms with van der Waals surface area (Å²) in [6.45, 7) is 1.06.